The molecule has 0 amide bonds. The minimum atomic E-state index is -0.745. The van der Waals surface area contributed by atoms with Crippen molar-refractivity contribution in [2.75, 3.05) is 0 Å². The average Bonchev–Trinajstić information content (AvgIpc) is 2.16. The molecule has 82 valence electrons. The minimum absolute atomic E-state index is 0.256. The predicted molar refractivity (Wildman–Crippen MR) is 55.5 cm³/mol. The highest BCUT2D eigenvalue weighted by molar-refractivity contribution is 7.97. The monoisotopic (exact) mass is 231 g/mol. The minimum Gasteiger partial charge on any atom is -0.301 e. The Morgan fingerprint density at radius 3 is 2.60 bits per heavy atom. The summed E-state index contributed by atoms with van der Waals surface area (Å²) in [6, 6.07) is 3.29. The van der Waals surface area contributed by atoms with Gasteiger partial charge in [0.05, 0.1) is 10.4 Å². The molecule has 0 atom stereocenters. The van der Waals surface area contributed by atoms with Gasteiger partial charge >= 0.3 is 0 Å². The van der Waals surface area contributed by atoms with Crippen LogP contribution in [0.3, 0.4) is 0 Å². The summed E-state index contributed by atoms with van der Waals surface area (Å²) in [5, 5.41) is 0. The normalized spacial score (nSPS) is 11.5. The van der Waals surface area contributed by atoms with Gasteiger partial charge in [0.25, 0.3) is 0 Å². The SMILES string of the molecule is CC(C)(C=O)NSc1ccc(F)cc1F. The molecule has 0 aliphatic rings. The molecule has 1 rings (SSSR count). The molecule has 0 aromatic heterocycles. The second-order valence-corrected chi connectivity index (χ2v) is 4.47. The Balaban J connectivity index is 2.70. The van der Waals surface area contributed by atoms with E-state index in [0.717, 1.165) is 24.3 Å². The summed E-state index contributed by atoms with van der Waals surface area (Å²) in [6.45, 7) is 3.32. The lowest BCUT2D eigenvalue weighted by atomic mass is 10.1. The van der Waals surface area contributed by atoms with Crippen LogP contribution in [0, 0.1) is 11.6 Å². The van der Waals surface area contributed by atoms with E-state index in [1.165, 1.54) is 12.1 Å². The van der Waals surface area contributed by atoms with E-state index in [4.69, 9.17) is 0 Å². The number of rotatable bonds is 4. The molecule has 0 radical (unpaired) electrons. The summed E-state index contributed by atoms with van der Waals surface area (Å²) in [7, 11) is 0. The first-order valence-electron chi connectivity index (χ1n) is 4.30. The van der Waals surface area contributed by atoms with Crippen LogP contribution in [0.4, 0.5) is 8.78 Å². The molecule has 15 heavy (non-hydrogen) atoms. The van der Waals surface area contributed by atoms with Crippen molar-refractivity contribution in [3.05, 3.63) is 29.8 Å². The number of halogens is 2. The molecule has 0 aliphatic heterocycles. The Bertz CT molecular complexity index is 368. The molecule has 2 nitrogen and oxygen atoms in total. The Morgan fingerprint density at radius 2 is 2.07 bits per heavy atom. The molecule has 0 bridgehead atoms. The first-order chi connectivity index (χ1) is 6.94. The Morgan fingerprint density at radius 1 is 1.40 bits per heavy atom. The fourth-order valence-corrected chi connectivity index (χ4v) is 1.48. The number of hydrogen-bond acceptors (Lipinski definition) is 3. The zero-order valence-electron chi connectivity index (χ0n) is 8.38. The Kier molecular flexibility index (Phi) is 3.82. The molecule has 0 saturated carbocycles. The van der Waals surface area contributed by atoms with E-state index in [9.17, 15) is 13.6 Å². The first kappa shape index (κ1) is 12.1. The van der Waals surface area contributed by atoms with Gasteiger partial charge < -0.3 is 4.79 Å². The molecule has 0 unspecified atom stereocenters. The summed E-state index contributed by atoms with van der Waals surface area (Å²) in [4.78, 5) is 10.8. The van der Waals surface area contributed by atoms with Crippen molar-refractivity contribution in [3.8, 4) is 0 Å². The molecular formula is C10H11F2NOS. The highest BCUT2D eigenvalue weighted by Crippen LogP contribution is 2.21. The van der Waals surface area contributed by atoms with Crippen molar-refractivity contribution in [3.63, 3.8) is 0 Å². The summed E-state index contributed by atoms with van der Waals surface area (Å²) < 4.78 is 28.5. The van der Waals surface area contributed by atoms with E-state index >= 15 is 0 Å². The van der Waals surface area contributed by atoms with Gasteiger partial charge in [0.15, 0.2) is 0 Å². The van der Waals surface area contributed by atoms with Crippen molar-refractivity contribution >= 4 is 18.2 Å². The molecule has 0 saturated heterocycles. The smallest absolute Gasteiger partial charge is 0.140 e. The van der Waals surface area contributed by atoms with Gasteiger partial charge in [-0.15, -0.1) is 0 Å². The highest BCUT2D eigenvalue weighted by Gasteiger charge is 2.16. The van der Waals surface area contributed by atoms with Crippen molar-refractivity contribution in [1.82, 2.24) is 4.72 Å². The maximum Gasteiger partial charge on any atom is 0.140 e. The van der Waals surface area contributed by atoms with Crippen molar-refractivity contribution in [2.45, 2.75) is 24.3 Å². The van der Waals surface area contributed by atoms with E-state index < -0.39 is 17.2 Å². The van der Waals surface area contributed by atoms with Gasteiger partial charge in [0.2, 0.25) is 0 Å². The van der Waals surface area contributed by atoms with Crippen LogP contribution < -0.4 is 4.72 Å². The van der Waals surface area contributed by atoms with Crippen LogP contribution in [0.2, 0.25) is 0 Å². The number of nitrogens with one attached hydrogen (secondary N) is 1. The van der Waals surface area contributed by atoms with Crippen LogP contribution in [0.1, 0.15) is 13.8 Å². The molecule has 1 aromatic rings. The van der Waals surface area contributed by atoms with E-state index in [-0.39, 0.29) is 4.90 Å². The quantitative estimate of drug-likeness (QED) is 0.637. The number of carbonyl (C=O) groups is 1. The van der Waals surface area contributed by atoms with E-state index in [1.54, 1.807) is 13.8 Å². The second-order valence-electron chi connectivity index (χ2n) is 3.62. The van der Waals surface area contributed by atoms with Gasteiger partial charge in [-0.1, -0.05) is 0 Å². The fraction of sp³-hybridized carbons (Fsp3) is 0.300. The zero-order chi connectivity index (χ0) is 11.5. The Labute approximate surface area is 91.2 Å². The number of hydrogen-bond donors (Lipinski definition) is 1. The van der Waals surface area contributed by atoms with Crippen molar-refractivity contribution in [2.24, 2.45) is 0 Å². The lowest BCUT2D eigenvalue weighted by Crippen LogP contribution is -2.35. The van der Waals surface area contributed by atoms with Gasteiger partial charge in [-0.25, -0.2) is 13.5 Å². The third-order valence-corrected chi connectivity index (χ3v) is 2.79. The molecule has 0 fully saturated rings. The summed E-state index contributed by atoms with van der Waals surface area (Å²) in [5.41, 5.74) is -0.745. The topological polar surface area (TPSA) is 29.1 Å². The largest absolute Gasteiger partial charge is 0.301 e. The molecule has 1 aromatic carbocycles. The zero-order valence-corrected chi connectivity index (χ0v) is 9.20. The van der Waals surface area contributed by atoms with E-state index in [0.29, 0.717) is 0 Å². The van der Waals surface area contributed by atoms with Crippen LogP contribution in [0.5, 0.6) is 0 Å². The third kappa shape index (κ3) is 3.60. The molecule has 0 spiro atoms. The van der Waals surface area contributed by atoms with Gasteiger partial charge in [-0.3, -0.25) is 0 Å². The fourth-order valence-electron chi connectivity index (χ4n) is 0.769. The number of carbonyl (C=O) groups excluding carboxylic acids is 1. The molecule has 0 heterocycles. The first-order valence-corrected chi connectivity index (χ1v) is 5.12. The molecule has 0 aliphatic carbocycles. The molecular weight excluding hydrogens is 220 g/mol. The predicted octanol–water partition coefficient (Wildman–Crippen LogP) is 2.54. The summed E-state index contributed by atoms with van der Waals surface area (Å²) >= 11 is 0.964. The van der Waals surface area contributed by atoms with Crippen LogP contribution in [0.15, 0.2) is 23.1 Å². The highest BCUT2D eigenvalue weighted by atomic mass is 32.2. The summed E-state index contributed by atoms with van der Waals surface area (Å²) in [6.07, 6.45) is 0.724. The second kappa shape index (κ2) is 4.72. The average molecular weight is 231 g/mol. The maximum absolute atomic E-state index is 13.1. The lowest BCUT2D eigenvalue weighted by molar-refractivity contribution is -0.111. The van der Waals surface area contributed by atoms with Crippen LogP contribution >= 0.6 is 11.9 Å². The maximum atomic E-state index is 13.1. The van der Waals surface area contributed by atoms with Crippen LogP contribution in [-0.2, 0) is 4.79 Å². The summed E-state index contributed by atoms with van der Waals surface area (Å²) in [5.74, 6) is -1.26. The van der Waals surface area contributed by atoms with Crippen molar-refractivity contribution in [1.29, 1.82) is 0 Å². The van der Waals surface area contributed by atoms with Crippen LogP contribution in [-0.4, -0.2) is 11.8 Å². The number of aldehydes is 1. The Hall–Kier alpha value is -0.940. The van der Waals surface area contributed by atoms with Crippen LogP contribution in [0.25, 0.3) is 0 Å². The van der Waals surface area contributed by atoms with Gasteiger partial charge in [0, 0.05) is 6.07 Å². The van der Waals surface area contributed by atoms with Crippen molar-refractivity contribution < 1.29 is 13.6 Å². The van der Waals surface area contributed by atoms with E-state index in [1.807, 2.05) is 0 Å². The van der Waals surface area contributed by atoms with Gasteiger partial charge in [-0.05, 0) is 37.9 Å². The van der Waals surface area contributed by atoms with E-state index in [2.05, 4.69) is 4.72 Å². The standard InChI is InChI=1S/C10H11F2NOS/c1-10(2,6-14)13-15-9-4-3-7(11)5-8(9)12/h3-6,13H,1-2H3. The molecule has 5 heteroatoms. The molecule has 1 N–H and O–H groups in total. The van der Waals surface area contributed by atoms with Gasteiger partial charge in [-0.2, -0.15) is 0 Å². The van der Waals surface area contributed by atoms with Gasteiger partial charge in [0.1, 0.15) is 17.9 Å². The lowest BCUT2D eigenvalue weighted by Gasteiger charge is -2.17. The third-order valence-electron chi connectivity index (χ3n) is 1.61. The number of benzene rings is 1.